The molecule has 1 heterocycles. The Morgan fingerprint density at radius 1 is 1.56 bits per heavy atom. The highest BCUT2D eigenvalue weighted by atomic mass is 19.3. The van der Waals surface area contributed by atoms with E-state index in [0.29, 0.717) is 6.54 Å². The number of halogens is 2. The Hall–Kier alpha value is -1.22. The highest BCUT2D eigenvalue weighted by molar-refractivity contribution is 5.69. The molecule has 1 aliphatic rings. The van der Waals surface area contributed by atoms with Crippen LogP contribution in [0.25, 0.3) is 0 Å². The lowest BCUT2D eigenvalue weighted by molar-refractivity contribution is -0.135. The number of hydrogen-bond acceptors (Lipinski definition) is 3. The van der Waals surface area contributed by atoms with E-state index in [1.165, 1.54) is 6.07 Å². The van der Waals surface area contributed by atoms with Crippen LogP contribution in [0.1, 0.15) is 40.0 Å². The quantitative estimate of drug-likeness (QED) is 0.848. The van der Waals surface area contributed by atoms with Crippen LogP contribution in [-0.4, -0.2) is 40.5 Å². The van der Waals surface area contributed by atoms with Gasteiger partial charge in [0.1, 0.15) is 6.42 Å². The van der Waals surface area contributed by atoms with Crippen molar-refractivity contribution in [1.82, 2.24) is 4.90 Å². The molecule has 0 saturated carbocycles. The normalized spacial score (nSPS) is 18.7. The third-order valence-electron chi connectivity index (χ3n) is 3.12. The average molecular weight is 262 g/mol. The fraction of sp³-hybridized carbons (Fsp3) is 0.833. The number of hydrogen-bond donors (Lipinski definition) is 1. The topological polar surface area (TPSA) is 64.3 Å². The number of carbonyl (C=O) groups is 1. The molecule has 0 aromatic carbocycles. The first-order valence-corrected chi connectivity index (χ1v) is 5.86. The molecule has 0 radical (unpaired) electrons. The second-order valence-electron chi connectivity index (χ2n) is 4.92. The maximum atomic E-state index is 12.8. The second kappa shape index (κ2) is 6.64. The predicted octanol–water partition coefficient (Wildman–Crippen LogP) is 2.50. The zero-order valence-corrected chi connectivity index (χ0v) is 11.0. The van der Waals surface area contributed by atoms with Crippen LogP contribution in [-0.2, 0) is 4.79 Å². The first kappa shape index (κ1) is 16.8. The molecule has 0 atom stereocenters. The zero-order chi connectivity index (χ0) is 14.4. The summed E-state index contributed by atoms with van der Waals surface area (Å²) in [6.45, 7) is 6.56. The summed E-state index contributed by atoms with van der Waals surface area (Å²) in [7, 11) is 0. The molecule has 0 bridgehead atoms. The van der Waals surface area contributed by atoms with Gasteiger partial charge in [0.15, 0.2) is 0 Å². The summed E-state index contributed by atoms with van der Waals surface area (Å²) in [5, 5.41) is 15.3. The first-order chi connectivity index (χ1) is 8.14. The Morgan fingerprint density at radius 3 is 2.33 bits per heavy atom. The molecule has 104 valence electrons. The molecule has 0 aliphatic carbocycles. The van der Waals surface area contributed by atoms with Crippen molar-refractivity contribution in [2.75, 3.05) is 13.1 Å². The van der Waals surface area contributed by atoms with Gasteiger partial charge in [-0.2, -0.15) is 5.26 Å². The number of aliphatic carboxylic acids is 1. The van der Waals surface area contributed by atoms with E-state index in [1.54, 1.807) is 0 Å². The van der Waals surface area contributed by atoms with Crippen molar-refractivity contribution >= 4 is 5.97 Å². The standard InChI is InChI=1S/C9H17F2N.C3H3NO2/c1-4-8(2,3)12-6-5-9(10,11)7-12;4-2-1-3(5)6/h4-7H2,1-3H3;1H2,(H,5,6). The van der Waals surface area contributed by atoms with Crippen molar-refractivity contribution < 1.29 is 18.7 Å². The molecule has 4 nitrogen and oxygen atoms in total. The lowest BCUT2D eigenvalue weighted by Crippen LogP contribution is -2.42. The third kappa shape index (κ3) is 5.92. The van der Waals surface area contributed by atoms with Crippen LogP contribution in [0.15, 0.2) is 0 Å². The van der Waals surface area contributed by atoms with E-state index in [1.807, 2.05) is 25.7 Å². The fourth-order valence-corrected chi connectivity index (χ4v) is 1.54. The Labute approximate surface area is 106 Å². The van der Waals surface area contributed by atoms with E-state index >= 15 is 0 Å². The van der Waals surface area contributed by atoms with Crippen molar-refractivity contribution in [1.29, 1.82) is 5.26 Å². The minimum atomic E-state index is -2.45. The molecule has 0 unspecified atom stereocenters. The SMILES string of the molecule is CCC(C)(C)N1CCC(F)(F)C1.N#CCC(=O)O. The molecule has 1 fully saturated rings. The van der Waals surface area contributed by atoms with E-state index < -0.39 is 18.3 Å². The summed E-state index contributed by atoms with van der Waals surface area (Å²) < 4.78 is 25.6. The molecule has 0 amide bonds. The number of carboxylic acid groups (broad SMARTS) is 1. The van der Waals surface area contributed by atoms with Gasteiger partial charge in [-0.25, -0.2) is 8.78 Å². The summed E-state index contributed by atoms with van der Waals surface area (Å²) in [6, 6.07) is 1.47. The van der Waals surface area contributed by atoms with Crippen LogP contribution in [0, 0.1) is 11.3 Å². The van der Waals surface area contributed by atoms with Gasteiger partial charge >= 0.3 is 5.97 Å². The van der Waals surface area contributed by atoms with Crippen molar-refractivity contribution in [3.05, 3.63) is 0 Å². The average Bonchev–Trinajstić information content (AvgIpc) is 2.60. The van der Waals surface area contributed by atoms with Crippen molar-refractivity contribution in [2.45, 2.75) is 51.5 Å². The van der Waals surface area contributed by atoms with Gasteiger partial charge in [0.05, 0.1) is 12.6 Å². The van der Waals surface area contributed by atoms with Crippen LogP contribution < -0.4 is 0 Å². The molecule has 18 heavy (non-hydrogen) atoms. The summed E-state index contributed by atoms with van der Waals surface area (Å²) in [6.07, 6.45) is 0.541. The van der Waals surface area contributed by atoms with Crippen LogP contribution in [0.5, 0.6) is 0 Å². The maximum Gasteiger partial charge on any atom is 0.317 e. The summed E-state index contributed by atoms with van der Waals surface area (Å²) in [5.41, 5.74) is -0.0695. The highest BCUT2D eigenvalue weighted by Crippen LogP contribution is 2.32. The Morgan fingerprint density at radius 2 is 2.11 bits per heavy atom. The van der Waals surface area contributed by atoms with Gasteiger partial charge < -0.3 is 5.11 Å². The van der Waals surface area contributed by atoms with Gasteiger partial charge in [0.25, 0.3) is 5.92 Å². The number of likely N-dealkylation sites (tertiary alicyclic amines) is 1. The van der Waals surface area contributed by atoms with E-state index in [4.69, 9.17) is 10.4 Å². The monoisotopic (exact) mass is 262 g/mol. The van der Waals surface area contributed by atoms with Gasteiger partial charge in [-0.3, -0.25) is 9.69 Å². The fourth-order valence-electron chi connectivity index (χ4n) is 1.54. The summed E-state index contributed by atoms with van der Waals surface area (Å²) >= 11 is 0. The van der Waals surface area contributed by atoms with Gasteiger partial charge in [-0.1, -0.05) is 6.92 Å². The van der Waals surface area contributed by atoms with Gasteiger partial charge in [0, 0.05) is 18.5 Å². The lowest BCUT2D eigenvalue weighted by atomic mass is 10.0. The van der Waals surface area contributed by atoms with Crippen LogP contribution >= 0.6 is 0 Å². The van der Waals surface area contributed by atoms with E-state index in [2.05, 4.69) is 0 Å². The highest BCUT2D eigenvalue weighted by Gasteiger charge is 2.42. The van der Waals surface area contributed by atoms with Crippen molar-refractivity contribution in [3.63, 3.8) is 0 Å². The molecular formula is C12H20F2N2O2. The summed E-state index contributed by atoms with van der Waals surface area (Å²) in [4.78, 5) is 11.3. The Bertz CT molecular complexity index is 325. The van der Waals surface area contributed by atoms with Gasteiger partial charge in [-0.15, -0.1) is 0 Å². The van der Waals surface area contributed by atoms with E-state index in [-0.39, 0.29) is 18.5 Å². The van der Waals surface area contributed by atoms with Crippen LogP contribution in [0.3, 0.4) is 0 Å². The van der Waals surface area contributed by atoms with Crippen molar-refractivity contribution in [2.24, 2.45) is 0 Å². The molecule has 0 aromatic heterocycles. The smallest absolute Gasteiger partial charge is 0.317 e. The summed E-state index contributed by atoms with van der Waals surface area (Å²) in [5.74, 6) is -3.52. The number of nitrogens with zero attached hydrogens (tertiary/aromatic N) is 2. The zero-order valence-electron chi connectivity index (χ0n) is 11.0. The van der Waals surface area contributed by atoms with E-state index in [0.717, 1.165) is 6.42 Å². The van der Waals surface area contributed by atoms with E-state index in [9.17, 15) is 13.6 Å². The number of alkyl halides is 2. The van der Waals surface area contributed by atoms with Crippen LogP contribution in [0.2, 0.25) is 0 Å². The first-order valence-electron chi connectivity index (χ1n) is 5.86. The number of nitriles is 1. The molecule has 1 N–H and O–H groups in total. The molecule has 0 spiro atoms. The predicted molar refractivity (Wildman–Crippen MR) is 63.4 cm³/mol. The minimum absolute atomic E-state index is 0.0242. The molecule has 1 saturated heterocycles. The molecule has 0 aromatic rings. The van der Waals surface area contributed by atoms with Gasteiger partial charge in [0.2, 0.25) is 0 Å². The Balaban J connectivity index is 0.000000411. The number of rotatable bonds is 3. The second-order valence-corrected chi connectivity index (χ2v) is 4.92. The third-order valence-corrected chi connectivity index (χ3v) is 3.12. The molecule has 1 rings (SSSR count). The van der Waals surface area contributed by atoms with Crippen LogP contribution in [0.4, 0.5) is 8.78 Å². The molecule has 1 aliphatic heterocycles. The minimum Gasteiger partial charge on any atom is -0.480 e. The lowest BCUT2D eigenvalue weighted by Gasteiger charge is -2.34. The molecular weight excluding hydrogens is 242 g/mol. The van der Waals surface area contributed by atoms with Gasteiger partial charge in [-0.05, 0) is 20.3 Å². The largest absolute Gasteiger partial charge is 0.480 e. The van der Waals surface area contributed by atoms with Crippen molar-refractivity contribution in [3.8, 4) is 6.07 Å². The number of carboxylic acids is 1. The maximum absolute atomic E-state index is 12.8. The Kier molecular flexibility index (Phi) is 6.19. The molecule has 6 heteroatoms.